The predicted molar refractivity (Wildman–Crippen MR) is 113 cm³/mol. The number of ether oxygens (including phenoxy) is 3. The summed E-state index contributed by atoms with van der Waals surface area (Å²) in [5.41, 5.74) is 2.91. The van der Waals surface area contributed by atoms with Gasteiger partial charge in [0.15, 0.2) is 24.2 Å². The quantitative estimate of drug-likeness (QED) is 0.485. The lowest BCUT2D eigenvalue weighted by atomic mass is 10.0. The number of Topliss-reactive ketones (excluding diaryl/α,β-unsaturated/α-hetero) is 1. The van der Waals surface area contributed by atoms with Gasteiger partial charge in [0.25, 0.3) is 0 Å². The summed E-state index contributed by atoms with van der Waals surface area (Å²) < 4.78 is 17.0. The molecule has 0 spiro atoms. The van der Waals surface area contributed by atoms with Crippen molar-refractivity contribution in [1.29, 1.82) is 0 Å². The monoisotopic (exact) mass is 407 g/mol. The van der Waals surface area contributed by atoms with Crippen LogP contribution in [0.2, 0.25) is 0 Å². The molecule has 4 rings (SSSR count). The third-order valence-corrected chi connectivity index (χ3v) is 5.22. The zero-order chi connectivity index (χ0) is 21.5. The number of fused-ring (bicyclic) bond motifs is 2. The zero-order valence-electron chi connectivity index (χ0n) is 17.6. The summed E-state index contributed by atoms with van der Waals surface area (Å²) in [6.07, 6.45) is -0.143. The fourth-order valence-electron chi connectivity index (χ4n) is 3.92. The summed E-state index contributed by atoms with van der Waals surface area (Å²) in [6.45, 7) is 7.12. The summed E-state index contributed by atoms with van der Waals surface area (Å²) in [5, 5.41) is 0.818. The van der Waals surface area contributed by atoms with Gasteiger partial charge in [-0.2, -0.15) is 0 Å². The van der Waals surface area contributed by atoms with E-state index in [1.165, 1.54) is 0 Å². The molecule has 30 heavy (non-hydrogen) atoms. The smallest absolute Gasteiger partial charge is 0.344 e. The number of hydrogen-bond acceptors (Lipinski definition) is 5. The van der Waals surface area contributed by atoms with Gasteiger partial charge in [0.2, 0.25) is 5.78 Å². The Balaban J connectivity index is 1.41. The van der Waals surface area contributed by atoms with E-state index in [-0.39, 0.29) is 18.0 Å². The largest absolute Gasteiger partial charge is 0.483 e. The summed E-state index contributed by atoms with van der Waals surface area (Å²) in [6, 6.07) is 13.2. The Morgan fingerprint density at radius 1 is 1.17 bits per heavy atom. The van der Waals surface area contributed by atoms with Crippen molar-refractivity contribution < 1.29 is 23.8 Å². The molecule has 6 nitrogen and oxygen atoms in total. The molecule has 1 aliphatic rings. The van der Waals surface area contributed by atoms with Crippen LogP contribution >= 0.6 is 0 Å². The van der Waals surface area contributed by atoms with Gasteiger partial charge >= 0.3 is 5.97 Å². The highest BCUT2D eigenvalue weighted by Gasteiger charge is 2.32. The molecule has 0 saturated carbocycles. The van der Waals surface area contributed by atoms with E-state index in [1.807, 2.05) is 57.2 Å². The molecule has 1 aliphatic heterocycles. The Hall–Kier alpha value is -3.28. The first kappa shape index (κ1) is 20.0. The van der Waals surface area contributed by atoms with Crippen LogP contribution in [-0.2, 0) is 16.0 Å². The van der Waals surface area contributed by atoms with Crippen molar-refractivity contribution in [2.45, 2.75) is 45.8 Å². The number of carbonyl (C=O) groups excluding carboxylic acids is 2. The van der Waals surface area contributed by atoms with E-state index >= 15 is 0 Å². The van der Waals surface area contributed by atoms with Crippen LogP contribution in [0.3, 0.4) is 0 Å². The van der Waals surface area contributed by atoms with Crippen molar-refractivity contribution in [3.63, 3.8) is 0 Å². The van der Waals surface area contributed by atoms with Gasteiger partial charge in [-0.3, -0.25) is 4.79 Å². The van der Waals surface area contributed by atoms with Gasteiger partial charge in [0, 0.05) is 34.1 Å². The molecule has 0 bridgehead atoms. The van der Waals surface area contributed by atoms with Gasteiger partial charge in [-0.1, -0.05) is 30.3 Å². The number of carbonyl (C=O) groups is 2. The summed E-state index contributed by atoms with van der Waals surface area (Å²) >= 11 is 0. The molecule has 0 radical (unpaired) electrons. The highest BCUT2D eigenvalue weighted by molar-refractivity contribution is 6.11. The molecule has 2 aromatic carbocycles. The molecule has 2 heterocycles. The minimum Gasteiger partial charge on any atom is -0.483 e. The maximum atomic E-state index is 12.9. The van der Waals surface area contributed by atoms with Crippen LogP contribution in [0, 0.1) is 6.92 Å². The predicted octanol–water partition coefficient (Wildman–Crippen LogP) is 4.38. The van der Waals surface area contributed by atoms with Crippen molar-refractivity contribution in [3.05, 3.63) is 59.3 Å². The second-order valence-corrected chi connectivity index (χ2v) is 8.24. The van der Waals surface area contributed by atoms with Crippen molar-refractivity contribution >= 4 is 22.7 Å². The van der Waals surface area contributed by atoms with E-state index in [1.54, 1.807) is 13.0 Å². The lowest BCUT2D eigenvalue weighted by molar-refractivity contribution is -0.148. The molecule has 156 valence electrons. The minimum absolute atomic E-state index is 0.246. The van der Waals surface area contributed by atoms with Crippen LogP contribution in [0.4, 0.5) is 0 Å². The molecule has 1 aromatic heterocycles. The van der Waals surface area contributed by atoms with Crippen LogP contribution in [0.15, 0.2) is 42.5 Å². The Kier molecular flexibility index (Phi) is 5.02. The first-order valence-corrected chi connectivity index (χ1v) is 10.00. The van der Waals surface area contributed by atoms with Gasteiger partial charge < -0.3 is 19.2 Å². The van der Waals surface area contributed by atoms with Gasteiger partial charge in [0.1, 0.15) is 5.60 Å². The highest BCUT2D eigenvalue weighted by atomic mass is 16.6. The molecule has 0 fully saturated rings. The lowest BCUT2D eigenvalue weighted by Crippen LogP contribution is -2.27. The van der Waals surface area contributed by atoms with E-state index in [0.717, 1.165) is 28.6 Å². The number of aromatic amines is 1. The second kappa shape index (κ2) is 7.52. The maximum absolute atomic E-state index is 12.9. The van der Waals surface area contributed by atoms with E-state index in [0.29, 0.717) is 17.1 Å². The average Bonchev–Trinajstić information content (AvgIpc) is 3.19. The Morgan fingerprint density at radius 3 is 2.73 bits per heavy atom. The number of benzene rings is 2. The van der Waals surface area contributed by atoms with Gasteiger partial charge in [-0.15, -0.1) is 0 Å². The fourth-order valence-corrected chi connectivity index (χ4v) is 3.92. The number of aryl methyl sites for hydroxylation is 1. The highest BCUT2D eigenvalue weighted by Crippen LogP contribution is 2.41. The Bertz CT molecular complexity index is 1130. The Morgan fingerprint density at radius 2 is 1.93 bits per heavy atom. The summed E-state index contributed by atoms with van der Waals surface area (Å²) in [4.78, 5) is 28.4. The number of hydrogen-bond donors (Lipinski definition) is 1. The molecule has 0 amide bonds. The van der Waals surface area contributed by atoms with Crippen LogP contribution in [-0.4, -0.2) is 35.0 Å². The topological polar surface area (TPSA) is 77.6 Å². The van der Waals surface area contributed by atoms with Crippen LogP contribution in [0.5, 0.6) is 11.5 Å². The number of rotatable bonds is 6. The molecule has 1 atom stereocenters. The number of aromatic nitrogens is 1. The number of ketones is 1. The number of para-hydroxylation sites is 2. The van der Waals surface area contributed by atoms with E-state index in [9.17, 15) is 9.59 Å². The molecule has 0 saturated heterocycles. The lowest BCUT2D eigenvalue weighted by Gasteiger charge is -2.18. The van der Waals surface area contributed by atoms with Gasteiger partial charge in [-0.25, -0.2) is 4.79 Å². The van der Waals surface area contributed by atoms with Crippen LogP contribution < -0.4 is 9.47 Å². The number of esters is 1. The second-order valence-electron chi connectivity index (χ2n) is 8.24. The zero-order valence-corrected chi connectivity index (χ0v) is 17.6. The molecular weight excluding hydrogens is 382 g/mol. The van der Waals surface area contributed by atoms with Crippen LogP contribution in [0.25, 0.3) is 10.9 Å². The molecular formula is C24H25NO5. The number of H-pyrrole nitrogens is 1. The first-order valence-electron chi connectivity index (χ1n) is 10.00. The summed E-state index contributed by atoms with van der Waals surface area (Å²) in [5.74, 6) is 0.308. The molecule has 1 N–H and O–H groups in total. The van der Waals surface area contributed by atoms with Crippen molar-refractivity contribution in [1.82, 2.24) is 4.98 Å². The standard InChI is InChI=1S/C24H25NO5/c1-14-21(17-9-5-6-10-18(17)25-14)22(27)15(2)29-20(26)13-28-19-11-7-8-16-12-24(3,4)30-23(16)19/h5-11,15,25H,12-13H2,1-4H3. The fraction of sp³-hybridized carbons (Fsp3) is 0.333. The minimum atomic E-state index is -0.921. The van der Waals surface area contributed by atoms with E-state index in [4.69, 9.17) is 14.2 Å². The van der Waals surface area contributed by atoms with Gasteiger partial charge in [0.05, 0.1) is 0 Å². The maximum Gasteiger partial charge on any atom is 0.344 e. The van der Waals surface area contributed by atoms with Crippen molar-refractivity contribution in [2.24, 2.45) is 0 Å². The molecule has 6 heteroatoms. The normalized spacial score (nSPS) is 15.3. The average molecular weight is 407 g/mol. The van der Waals surface area contributed by atoms with E-state index < -0.39 is 12.1 Å². The van der Waals surface area contributed by atoms with Gasteiger partial charge in [-0.05, 0) is 39.8 Å². The van der Waals surface area contributed by atoms with E-state index in [2.05, 4.69) is 4.98 Å². The number of nitrogens with one attached hydrogen (secondary N) is 1. The van der Waals surface area contributed by atoms with Crippen molar-refractivity contribution in [3.8, 4) is 11.5 Å². The van der Waals surface area contributed by atoms with Crippen molar-refractivity contribution in [2.75, 3.05) is 6.61 Å². The first-order chi connectivity index (χ1) is 14.2. The van der Waals surface area contributed by atoms with Crippen LogP contribution in [0.1, 0.15) is 42.4 Å². The molecule has 3 aromatic rings. The Labute approximate surface area is 175 Å². The summed E-state index contributed by atoms with van der Waals surface area (Å²) in [7, 11) is 0. The molecule has 0 aliphatic carbocycles. The SMILES string of the molecule is Cc1[nH]c2ccccc2c1C(=O)C(C)OC(=O)COc1cccc2c1OC(C)(C)C2. The molecule has 1 unspecified atom stereocenters. The third kappa shape index (κ3) is 3.77. The third-order valence-electron chi connectivity index (χ3n) is 5.22.